The fourth-order valence-electron chi connectivity index (χ4n) is 13.3. The summed E-state index contributed by atoms with van der Waals surface area (Å²) in [6, 6.07) is 0. The molecule has 0 rings (SSSR count). The number of unbranched alkanes of at least 4 members (excludes halogenated alkanes) is 41. The third kappa shape index (κ3) is 72.8. The molecular weight excluding hydrogens is 1370 g/mol. The first kappa shape index (κ1) is 103. The van der Waals surface area contributed by atoms with Gasteiger partial charge >= 0.3 is 23.9 Å². The monoisotopic (exact) mass is 1530 g/mol. The van der Waals surface area contributed by atoms with Crippen molar-refractivity contribution in [1.82, 2.24) is 20.4 Å². The van der Waals surface area contributed by atoms with Gasteiger partial charge in [0.2, 0.25) is 23.6 Å². The first-order valence-electron chi connectivity index (χ1n) is 44.8. The van der Waals surface area contributed by atoms with Gasteiger partial charge in [-0.3, -0.25) is 43.2 Å². The molecule has 20 nitrogen and oxygen atoms in total. The lowest BCUT2D eigenvalue weighted by atomic mass is 9.93. The van der Waals surface area contributed by atoms with Crippen LogP contribution < -0.4 is 10.6 Å². The second-order valence-electron chi connectivity index (χ2n) is 30.1. The molecule has 1 atom stereocenters. The molecule has 0 aliphatic rings. The van der Waals surface area contributed by atoms with Gasteiger partial charge in [0.05, 0.1) is 52.6 Å². The van der Waals surface area contributed by atoms with Crippen LogP contribution in [0, 0.1) is 5.92 Å². The minimum Gasteiger partial charge on any atom is -0.464 e. The summed E-state index contributed by atoms with van der Waals surface area (Å²) in [7, 11) is 0. The molecule has 0 aliphatic heterocycles. The summed E-state index contributed by atoms with van der Waals surface area (Å²) >= 11 is 0. The first-order valence-corrected chi connectivity index (χ1v) is 44.8. The number of ether oxygens (including phenoxy) is 7. The minimum atomic E-state index is -0.713. The number of rotatable bonds is 85. The Morgan fingerprint density at radius 3 is 0.880 bits per heavy atom. The smallest absolute Gasteiger partial charge is 0.305 e. The summed E-state index contributed by atoms with van der Waals surface area (Å²) in [5.41, 5.74) is 0. The summed E-state index contributed by atoms with van der Waals surface area (Å²) in [6.45, 7) is 14.5. The molecular formula is C88H164N4O16. The summed E-state index contributed by atoms with van der Waals surface area (Å²) < 4.78 is 38.9. The number of nitrogens with one attached hydrogen (secondary N) is 2. The average molecular weight is 1530 g/mol. The van der Waals surface area contributed by atoms with Crippen LogP contribution in [0.4, 0.5) is 0 Å². The van der Waals surface area contributed by atoms with E-state index in [-0.39, 0.29) is 145 Å². The number of carbonyl (C=O) groups excluding carboxylic acids is 9. The van der Waals surface area contributed by atoms with E-state index >= 15 is 0 Å². The van der Waals surface area contributed by atoms with Gasteiger partial charge in [0.1, 0.15) is 32.2 Å². The highest BCUT2D eigenvalue weighted by molar-refractivity contribution is 5.89. The fourth-order valence-corrected chi connectivity index (χ4v) is 13.3. The van der Waals surface area contributed by atoms with Crippen LogP contribution in [-0.2, 0) is 76.3 Å². The number of hydrogen-bond acceptors (Lipinski definition) is 16. The first-order chi connectivity index (χ1) is 52.8. The Bertz CT molecular complexity index is 2050. The molecule has 0 aromatic carbocycles. The highest BCUT2D eigenvalue weighted by Crippen LogP contribution is 2.20. The van der Waals surface area contributed by atoms with Gasteiger partial charge in [-0.15, -0.1) is 0 Å². The zero-order chi connectivity index (χ0) is 78.9. The van der Waals surface area contributed by atoms with Crippen LogP contribution in [0.15, 0.2) is 0 Å². The van der Waals surface area contributed by atoms with Crippen LogP contribution in [0.1, 0.15) is 401 Å². The molecule has 20 heteroatoms. The van der Waals surface area contributed by atoms with Gasteiger partial charge in [-0.05, 0) is 51.9 Å². The van der Waals surface area contributed by atoms with Crippen molar-refractivity contribution < 1.29 is 76.3 Å². The maximum atomic E-state index is 13.9. The quantitative estimate of drug-likeness (QED) is 0.0326. The van der Waals surface area contributed by atoms with Crippen molar-refractivity contribution >= 4 is 53.3 Å². The zero-order valence-corrected chi connectivity index (χ0v) is 70.1. The molecule has 0 radical (unpaired) electrons. The highest BCUT2D eigenvalue weighted by Gasteiger charge is 2.24. The molecule has 0 saturated carbocycles. The molecule has 0 unspecified atom stereocenters. The van der Waals surface area contributed by atoms with Gasteiger partial charge in [0, 0.05) is 90.0 Å². The third-order valence-corrected chi connectivity index (χ3v) is 20.2. The maximum Gasteiger partial charge on any atom is 0.305 e. The van der Waals surface area contributed by atoms with E-state index in [0.29, 0.717) is 97.6 Å². The summed E-state index contributed by atoms with van der Waals surface area (Å²) in [6.07, 6.45) is 54.0. The van der Waals surface area contributed by atoms with Crippen LogP contribution in [-0.4, -0.2) is 168 Å². The number of hydrogen-bond donors (Lipinski definition) is 2. The van der Waals surface area contributed by atoms with Crippen molar-refractivity contribution in [2.24, 2.45) is 5.92 Å². The van der Waals surface area contributed by atoms with Gasteiger partial charge in [-0.2, -0.15) is 0 Å². The highest BCUT2D eigenvalue weighted by atomic mass is 16.6. The van der Waals surface area contributed by atoms with Crippen LogP contribution in [0.2, 0.25) is 0 Å². The summed E-state index contributed by atoms with van der Waals surface area (Å²) in [5, 5.41) is 5.87. The molecule has 0 saturated heterocycles. The number of Topliss-reactive ketones (excluding diaryl/α,β-unsaturated/α-hetero) is 1. The zero-order valence-electron chi connectivity index (χ0n) is 70.1. The second kappa shape index (κ2) is 81.8. The van der Waals surface area contributed by atoms with Crippen molar-refractivity contribution in [2.75, 3.05) is 105 Å². The topological polar surface area (TPSA) is 249 Å². The molecule has 4 amide bonds. The number of ketones is 1. The molecule has 0 aromatic heterocycles. The lowest BCUT2D eigenvalue weighted by Crippen LogP contribution is -2.38. The Morgan fingerprint density at radius 2 is 0.556 bits per heavy atom. The molecule has 108 heavy (non-hydrogen) atoms. The van der Waals surface area contributed by atoms with Crippen molar-refractivity contribution in [1.29, 1.82) is 0 Å². The van der Waals surface area contributed by atoms with Gasteiger partial charge in [-0.1, -0.05) is 291 Å². The molecule has 0 fully saturated rings. The van der Waals surface area contributed by atoms with Gasteiger partial charge in [-0.25, -0.2) is 0 Å². The Labute approximate surface area is 658 Å². The van der Waals surface area contributed by atoms with Gasteiger partial charge < -0.3 is 53.6 Å². The Morgan fingerprint density at radius 1 is 0.269 bits per heavy atom. The van der Waals surface area contributed by atoms with E-state index < -0.39 is 5.92 Å². The van der Waals surface area contributed by atoms with Crippen molar-refractivity contribution in [3.05, 3.63) is 0 Å². The third-order valence-electron chi connectivity index (χ3n) is 20.2. The normalized spacial score (nSPS) is 11.5. The maximum absolute atomic E-state index is 13.9. The standard InChI is InChI=1S/C88H164N4O16/c1-6-11-15-19-23-27-31-35-39-43-47-55-84(97)105-70-65-91(66-71-106-85(98)56-48-44-40-36-32-28-24-20-16-12-7-2)82(95)61-59-80(93)78-79(88(101)90-64-53-69-103-76-77-104-75-74-102-10-5)54-51-52-63-89-81(94)60-62-83(96)92(67-72-107-86(99)57-49-45-41-37-33-29-25-21-17-13-8-3)68-73-108-87(100)58-50-46-42-38-34-30-26-22-18-14-9-4/h79H,6-78H2,1-5H3,(H,89,94)(H,90,101)/t79-/m1/s1. The number of amides is 4. The van der Waals surface area contributed by atoms with E-state index in [9.17, 15) is 43.2 Å². The van der Waals surface area contributed by atoms with E-state index in [4.69, 9.17) is 33.2 Å². The number of esters is 4. The molecule has 0 aromatic rings. The lowest BCUT2D eigenvalue weighted by Gasteiger charge is -2.23. The van der Waals surface area contributed by atoms with Crippen LogP contribution in [0.25, 0.3) is 0 Å². The SMILES string of the molecule is CCCCCCCCCCCCCC(=O)OCCN(CCOC(=O)CCCCCCCCCCCCC)C(=O)CCC(=O)C[C@@H](CCCCNC(=O)CCC(=O)N(CCOC(=O)CCCCCCCCCCCCC)CCOC(=O)CCCCCCCCCCCCC)C(=O)NCCCOCCOCCOCC. The molecule has 632 valence electrons. The van der Waals surface area contributed by atoms with E-state index in [1.165, 1.54) is 202 Å². The lowest BCUT2D eigenvalue weighted by molar-refractivity contribution is -0.148. The Kier molecular flexibility index (Phi) is 78.2. The van der Waals surface area contributed by atoms with E-state index in [1.54, 1.807) is 0 Å². The molecule has 0 bridgehead atoms. The van der Waals surface area contributed by atoms with E-state index in [2.05, 4.69) is 38.3 Å². The van der Waals surface area contributed by atoms with Gasteiger partial charge in [0.25, 0.3) is 0 Å². The molecule has 0 spiro atoms. The van der Waals surface area contributed by atoms with Crippen LogP contribution in [0.3, 0.4) is 0 Å². The fraction of sp³-hybridized carbons (Fsp3) is 0.898. The largest absolute Gasteiger partial charge is 0.464 e. The molecule has 2 N–H and O–H groups in total. The predicted octanol–water partition coefficient (Wildman–Crippen LogP) is 19.6. The van der Waals surface area contributed by atoms with Gasteiger partial charge in [0.15, 0.2) is 0 Å². The Balaban J connectivity index is 5.75. The predicted molar refractivity (Wildman–Crippen MR) is 436 cm³/mol. The average Bonchev–Trinajstić information content (AvgIpc) is 0.924. The summed E-state index contributed by atoms with van der Waals surface area (Å²) in [4.78, 5) is 123. The minimum absolute atomic E-state index is 0.0117. The van der Waals surface area contributed by atoms with Crippen molar-refractivity contribution in [3.63, 3.8) is 0 Å². The number of nitrogens with zero attached hydrogens (tertiary/aromatic N) is 2. The second-order valence-corrected chi connectivity index (χ2v) is 30.1. The van der Waals surface area contributed by atoms with Crippen molar-refractivity contribution in [2.45, 2.75) is 401 Å². The Hall–Kier alpha value is -4.69. The number of carbonyl (C=O) groups is 9. The molecule has 0 aliphatic carbocycles. The van der Waals surface area contributed by atoms with E-state index in [0.717, 1.165) is 89.9 Å². The van der Waals surface area contributed by atoms with Crippen LogP contribution in [0.5, 0.6) is 0 Å². The van der Waals surface area contributed by atoms with Crippen molar-refractivity contribution in [3.8, 4) is 0 Å². The summed E-state index contributed by atoms with van der Waals surface area (Å²) in [5.74, 6) is -3.57. The molecule has 0 heterocycles. The van der Waals surface area contributed by atoms with Crippen LogP contribution >= 0.6 is 0 Å². The van der Waals surface area contributed by atoms with E-state index in [1.807, 2.05) is 6.92 Å².